The number of rotatable bonds is 4. The van der Waals surface area contributed by atoms with Gasteiger partial charge in [-0.3, -0.25) is 9.69 Å². The van der Waals surface area contributed by atoms with E-state index in [2.05, 4.69) is 10.2 Å². The Morgan fingerprint density at radius 2 is 2.00 bits per heavy atom. The van der Waals surface area contributed by atoms with Crippen molar-refractivity contribution in [2.24, 2.45) is 23.5 Å². The molecular weight excluding hydrogens is 242 g/mol. The molecule has 0 aromatic carbocycles. The van der Waals surface area contributed by atoms with Crippen molar-refractivity contribution >= 4 is 5.91 Å². The molecule has 0 aromatic rings. The molecule has 0 radical (unpaired) electrons. The first kappa shape index (κ1) is 13.3. The molecule has 2 bridgehead atoms. The predicted molar refractivity (Wildman–Crippen MR) is 72.6 cm³/mol. The highest BCUT2D eigenvalue weighted by Gasteiger charge is 2.48. The van der Waals surface area contributed by atoms with Crippen molar-refractivity contribution in [3.05, 3.63) is 0 Å². The van der Waals surface area contributed by atoms with Gasteiger partial charge in [0.2, 0.25) is 5.91 Å². The van der Waals surface area contributed by atoms with Crippen LogP contribution in [0.5, 0.6) is 0 Å². The third-order valence-corrected chi connectivity index (χ3v) is 5.11. The average molecular weight is 267 g/mol. The molecule has 19 heavy (non-hydrogen) atoms. The van der Waals surface area contributed by atoms with Crippen molar-refractivity contribution in [3.63, 3.8) is 0 Å². The third kappa shape index (κ3) is 2.78. The minimum absolute atomic E-state index is 0.0726. The number of nitrogens with zero attached hydrogens (tertiary/aromatic N) is 1. The van der Waals surface area contributed by atoms with Gasteiger partial charge in [-0.25, -0.2) is 0 Å². The highest BCUT2D eigenvalue weighted by molar-refractivity contribution is 5.80. The van der Waals surface area contributed by atoms with Crippen LogP contribution in [-0.4, -0.2) is 56.2 Å². The van der Waals surface area contributed by atoms with E-state index >= 15 is 0 Å². The fraction of sp³-hybridized carbons (Fsp3) is 0.929. The Hall–Kier alpha value is -0.650. The van der Waals surface area contributed by atoms with Crippen LogP contribution in [0.1, 0.15) is 19.3 Å². The zero-order chi connectivity index (χ0) is 13.2. The second kappa shape index (κ2) is 5.77. The summed E-state index contributed by atoms with van der Waals surface area (Å²) < 4.78 is 5.31. The Labute approximate surface area is 114 Å². The van der Waals surface area contributed by atoms with Gasteiger partial charge in [0, 0.05) is 32.2 Å². The van der Waals surface area contributed by atoms with Crippen LogP contribution in [0, 0.1) is 17.8 Å². The maximum atomic E-state index is 12.3. The molecule has 1 amide bonds. The molecule has 3 aliphatic rings. The van der Waals surface area contributed by atoms with Gasteiger partial charge >= 0.3 is 0 Å². The first-order valence-electron chi connectivity index (χ1n) is 7.59. The van der Waals surface area contributed by atoms with Crippen LogP contribution in [0.3, 0.4) is 0 Å². The number of carbonyl (C=O) groups excluding carboxylic acids is 1. The van der Waals surface area contributed by atoms with Gasteiger partial charge in [-0.2, -0.15) is 0 Å². The van der Waals surface area contributed by atoms with Crippen LogP contribution in [0.4, 0.5) is 0 Å². The number of hydrogen-bond donors (Lipinski definition) is 2. The summed E-state index contributed by atoms with van der Waals surface area (Å²) in [6, 6.07) is 0.0992. The zero-order valence-corrected chi connectivity index (χ0v) is 11.5. The lowest BCUT2D eigenvalue weighted by Gasteiger charge is -2.29. The normalized spacial score (nSPS) is 38.6. The van der Waals surface area contributed by atoms with Crippen molar-refractivity contribution in [3.8, 4) is 0 Å². The van der Waals surface area contributed by atoms with Gasteiger partial charge in [-0.15, -0.1) is 0 Å². The molecule has 1 saturated heterocycles. The molecule has 3 N–H and O–H groups in total. The standard InChI is InChI=1S/C14H25N3O2/c15-13-11-2-1-10(9-11)12(13)14(18)16-3-4-17-5-7-19-8-6-17/h10-13H,1-9,15H2,(H,16,18)/t10-,11-,12-,13+/m0/s1. The summed E-state index contributed by atoms with van der Waals surface area (Å²) in [6.45, 7) is 5.23. The second-order valence-electron chi connectivity index (χ2n) is 6.18. The number of hydrogen-bond acceptors (Lipinski definition) is 4. The first-order chi connectivity index (χ1) is 9.25. The minimum atomic E-state index is 0.0726. The summed E-state index contributed by atoms with van der Waals surface area (Å²) >= 11 is 0. The maximum Gasteiger partial charge on any atom is 0.225 e. The number of morpholine rings is 1. The van der Waals surface area contributed by atoms with E-state index < -0.39 is 0 Å². The Kier molecular flexibility index (Phi) is 4.05. The number of amides is 1. The third-order valence-electron chi connectivity index (χ3n) is 5.11. The van der Waals surface area contributed by atoms with E-state index in [4.69, 9.17) is 10.5 Å². The van der Waals surface area contributed by atoms with Gasteiger partial charge in [0.1, 0.15) is 0 Å². The summed E-state index contributed by atoms with van der Waals surface area (Å²) in [7, 11) is 0. The molecule has 2 saturated carbocycles. The Balaban J connectivity index is 1.41. The van der Waals surface area contributed by atoms with Gasteiger partial charge in [-0.05, 0) is 31.1 Å². The lowest BCUT2D eigenvalue weighted by Crippen LogP contribution is -2.47. The Bertz CT molecular complexity index is 329. The van der Waals surface area contributed by atoms with E-state index in [1.165, 1.54) is 19.3 Å². The summed E-state index contributed by atoms with van der Waals surface area (Å²) in [6.07, 6.45) is 3.59. The SMILES string of the molecule is N[C@@H]1[C@H]2CC[C@@H](C2)[C@@H]1C(=O)NCCN1CCOCC1. The van der Waals surface area contributed by atoms with E-state index in [-0.39, 0.29) is 17.9 Å². The summed E-state index contributed by atoms with van der Waals surface area (Å²) in [5.74, 6) is 1.40. The average Bonchev–Trinajstić information content (AvgIpc) is 3.00. The Morgan fingerprint density at radius 1 is 1.26 bits per heavy atom. The lowest BCUT2D eigenvalue weighted by molar-refractivity contribution is -0.127. The molecule has 0 aromatic heterocycles. The maximum absolute atomic E-state index is 12.3. The van der Waals surface area contributed by atoms with Crippen LogP contribution >= 0.6 is 0 Å². The van der Waals surface area contributed by atoms with Crippen molar-refractivity contribution in [1.29, 1.82) is 0 Å². The zero-order valence-electron chi connectivity index (χ0n) is 11.5. The molecule has 0 spiro atoms. The van der Waals surface area contributed by atoms with Crippen molar-refractivity contribution in [1.82, 2.24) is 10.2 Å². The molecule has 108 valence electrons. The van der Waals surface area contributed by atoms with Crippen LogP contribution in [0.15, 0.2) is 0 Å². The predicted octanol–water partition coefficient (Wildman–Crippen LogP) is -0.192. The van der Waals surface area contributed by atoms with Gasteiger partial charge in [-0.1, -0.05) is 0 Å². The van der Waals surface area contributed by atoms with Crippen molar-refractivity contribution < 1.29 is 9.53 Å². The summed E-state index contributed by atoms with van der Waals surface area (Å²) in [5.41, 5.74) is 6.19. The van der Waals surface area contributed by atoms with Gasteiger partial charge in [0.05, 0.1) is 19.1 Å². The second-order valence-corrected chi connectivity index (χ2v) is 6.18. The number of carbonyl (C=O) groups is 1. The molecule has 2 aliphatic carbocycles. The molecule has 3 rings (SSSR count). The van der Waals surface area contributed by atoms with Crippen molar-refractivity contribution in [2.75, 3.05) is 39.4 Å². The van der Waals surface area contributed by atoms with Gasteiger partial charge in [0.25, 0.3) is 0 Å². The van der Waals surface area contributed by atoms with Gasteiger partial charge < -0.3 is 15.8 Å². The quantitative estimate of drug-likeness (QED) is 0.741. The summed E-state index contributed by atoms with van der Waals surface area (Å²) in [4.78, 5) is 14.6. The molecule has 1 heterocycles. The largest absolute Gasteiger partial charge is 0.379 e. The fourth-order valence-corrected chi connectivity index (χ4v) is 4.00. The number of nitrogens with two attached hydrogens (primary N) is 1. The fourth-order valence-electron chi connectivity index (χ4n) is 4.00. The van der Waals surface area contributed by atoms with Crippen LogP contribution in [-0.2, 0) is 9.53 Å². The molecule has 0 unspecified atom stereocenters. The van der Waals surface area contributed by atoms with E-state index in [0.717, 1.165) is 39.4 Å². The van der Waals surface area contributed by atoms with E-state index in [1.807, 2.05) is 0 Å². The number of fused-ring (bicyclic) bond motifs is 2. The van der Waals surface area contributed by atoms with Gasteiger partial charge in [0.15, 0.2) is 0 Å². The highest BCUT2D eigenvalue weighted by atomic mass is 16.5. The van der Waals surface area contributed by atoms with Crippen LogP contribution in [0.25, 0.3) is 0 Å². The van der Waals surface area contributed by atoms with Crippen molar-refractivity contribution in [2.45, 2.75) is 25.3 Å². The van der Waals surface area contributed by atoms with Crippen LogP contribution < -0.4 is 11.1 Å². The minimum Gasteiger partial charge on any atom is -0.379 e. The molecule has 4 atom stereocenters. The molecule has 1 aliphatic heterocycles. The van der Waals surface area contributed by atoms with E-state index in [1.54, 1.807) is 0 Å². The molecule has 5 nitrogen and oxygen atoms in total. The lowest BCUT2D eigenvalue weighted by atomic mass is 9.84. The number of ether oxygens (including phenoxy) is 1. The van der Waals surface area contributed by atoms with Crippen LogP contribution in [0.2, 0.25) is 0 Å². The highest BCUT2D eigenvalue weighted by Crippen LogP contribution is 2.47. The monoisotopic (exact) mass is 267 g/mol. The van der Waals surface area contributed by atoms with E-state index in [0.29, 0.717) is 11.8 Å². The molecular formula is C14H25N3O2. The number of nitrogens with one attached hydrogen (secondary N) is 1. The molecule has 3 fully saturated rings. The van der Waals surface area contributed by atoms with E-state index in [9.17, 15) is 4.79 Å². The summed E-state index contributed by atoms with van der Waals surface area (Å²) in [5, 5.41) is 3.09. The topological polar surface area (TPSA) is 67.6 Å². The molecule has 5 heteroatoms. The Morgan fingerprint density at radius 3 is 2.68 bits per heavy atom. The first-order valence-corrected chi connectivity index (χ1v) is 7.59. The smallest absolute Gasteiger partial charge is 0.225 e.